The summed E-state index contributed by atoms with van der Waals surface area (Å²) in [6.45, 7) is 2.41. The summed E-state index contributed by atoms with van der Waals surface area (Å²) >= 11 is 0. The fraction of sp³-hybridized carbons (Fsp3) is 0.429. The molecule has 2 rings (SSSR count). The molecule has 1 fully saturated rings. The predicted octanol–water partition coefficient (Wildman–Crippen LogP) is 1.63. The molecule has 1 aliphatic heterocycles. The Kier molecular flexibility index (Phi) is 3.46. The SMILES string of the molecule is COc1ccc(C(=O)N2CCC(C)(C(=O)O)C2)cc1. The minimum absolute atomic E-state index is 0.132. The van der Waals surface area contributed by atoms with Gasteiger partial charge >= 0.3 is 5.97 Å². The number of carboxylic acid groups (broad SMARTS) is 1. The largest absolute Gasteiger partial charge is 0.497 e. The number of ether oxygens (including phenoxy) is 1. The minimum Gasteiger partial charge on any atom is -0.497 e. The number of benzene rings is 1. The van der Waals surface area contributed by atoms with Crippen LogP contribution in [0.2, 0.25) is 0 Å². The van der Waals surface area contributed by atoms with Crippen molar-refractivity contribution in [1.82, 2.24) is 4.90 Å². The Bertz CT molecular complexity index is 497. The second kappa shape index (κ2) is 4.91. The molecule has 0 spiro atoms. The number of likely N-dealkylation sites (tertiary alicyclic amines) is 1. The van der Waals surface area contributed by atoms with E-state index in [2.05, 4.69) is 0 Å². The van der Waals surface area contributed by atoms with Gasteiger partial charge in [-0.1, -0.05) is 0 Å². The first kappa shape index (κ1) is 13.4. The lowest BCUT2D eigenvalue weighted by molar-refractivity contribution is -0.147. The van der Waals surface area contributed by atoms with Gasteiger partial charge in [0, 0.05) is 18.7 Å². The lowest BCUT2D eigenvalue weighted by Crippen LogP contribution is -2.34. The summed E-state index contributed by atoms with van der Waals surface area (Å²) in [5, 5.41) is 9.16. The number of rotatable bonds is 3. The van der Waals surface area contributed by atoms with E-state index in [1.807, 2.05) is 0 Å². The molecule has 5 heteroatoms. The maximum atomic E-state index is 12.2. The van der Waals surface area contributed by atoms with E-state index < -0.39 is 11.4 Å². The Morgan fingerprint density at radius 2 is 1.95 bits per heavy atom. The van der Waals surface area contributed by atoms with Crippen LogP contribution < -0.4 is 4.74 Å². The number of aliphatic carboxylic acids is 1. The van der Waals surface area contributed by atoms with Crippen molar-refractivity contribution >= 4 is 11.9 Å². The highest BCUT2D eigenvalue weighted by Crippen LogP contribution is 2.31. The van der Waals surface area contributed by atoms with Crippen LogP contribution in [0.1, 0.15) is 23.7 Å². The zero-order valence-electron chi connectivity index (χ0n) is 11.0. The van der Waals surface area contributed by atoms with Gasteiger partial charge in [-0.05, 0) is 37.6 Å². The van der Waals surface area contributed by atoms with Gasteiger partial charge in [-0.15, -0.1) is 0 Å². The molecule has 0 aliphatic carbocycles. The standard InChI is InChI=1S/C14H17NO4/c1-14(13(17)18)7-8-15(9-14)12(16)10-3-5-11(19-2)6-4-10/h3-6H,7-9H2,1-2H3,(H,17,18). The highest BCUT2D eigenvalue weighted by molar-refractivity contribution is 5.95. The van der Waals surface area contributed by atoms with Gasteiger partial charge in [0.1, 0.15) is 5.75 Å². The van der Waals surface area contributed by atoms with E-state index in [9.17, 15) is 9.59 Å². The Morgan fingerprint density at radius 3 is 2.42 bits per heavy atom. The van der Waals surface area contributed by atoms with E-state index in [4.69, 9.17) is 9.84 Å². The number of methoxy groups -OCH3 is 1. The molecule has 0 saturated carbocycles. The first-order valence-electron chi connectivity index (χ1n) is 6.13. The van der Waals surface area contributed by atoms with Crippen LogP contribution >= 0.6 is 0 Å². The Balaban J connectivity index is 2.11. The monoisotopic (exact) mass is 263 g/mol. The number of carbonyl (C=O) groups excluding carboxylic acids is 1. The van der Waals surface area contributed by atoms with E-state index >= 15 is 0 Å². The molecule has 1 heterocycles. The van der Waals surface area contributed by atoms with Crippen molar-refractivity contribution < 1.29 is 19.4 Å². The second-order valence-electron chi connectivity index (χ2n) is 5.07. The average molecular weight is 263 g/mol. The molecular formula is C14H17NO4. The fourth-order valence-electron chi connectivity index (χ4n) is 2.23. The van der Waals surface area contributed by atoms with E-state index in [0.717, 1.165) is 0 Å². The number of hydrogen-bond acceptors (Lipinski definition) is 3. The molecule has 1 N–H and O–H groups in total. The van der Waals surface area contributed by atoms with E-state index in [1.54, 1.807) is 43.2 Å². The van der Waals surface area contributed by atoms with Crippen LogP contribution in [0.5, 0.6) is 5.75 Å². The molecule has 1 saturated heterocycles. The maximum Gasteiger partial charge on any atom is 0.311 e. The summed E-state index contributed by atoms with van der Waals surface area (Å²) < 4.78 is 5.04. The van der Waals surface area contributed by atoms with Crippen molar-refractivity contribution in [3.8, 4) is 5.75 Å². The molecule has 1 unspecified atom stereocenters. The third-order valence-corrected chi connectivity index (χ3v) is 3.61. The van der Waals surface area contributed by atoms with Gasteiger partial charge in [0.25, 0.3) is 5.91 Å². The van der Waals surface area contributed by atoms with Crippen molar-refractivity contribution in [2.75, 3.05) is 20.2 Å². The Hall–Kier alpha value is -2.04. The van der Waals surface area contributed by atoms with Crippen LogP contribution in [0.4, 0.5) is 0 Å². The second-order valence-corrected chi connectivity index (χ2v) is 5.07. The first-order chi connectivity index (χ1) is 8.96. The highest BCUT2D eigenvalue weighted by atomic mass is 16.5. The minimum atomic E-state index is -0.850. The topological polar surface area (TPSA) is 66.8 Å². The summed E-state index contributed by atoms with van der Waals surface area (Å²) in [5.74, 6) is -0.293. The van der Waals surface area contributed by atoms with Crippen LogP contribution in [-0.2, 0) is 4.79 Å². The molecule has 102 valence electrons. The van der Waals surface area contributed by atoms with Crippen molar-refractivity contribution in [2.24, 2.45) is 5.41 Å². The molecule has 0 radical (unpaired) electrons. The number of carbonyl (C=O) groups is 2. The zero-order valence-corrected chi connectivity index (χ0v) is 11.0. The van der Waals surface area contributed by atoms with Crippen LogP contribution in [0, 0.1) is 5.41 Å². The number of nitrogens with zero attached hydrogens (tertiary/aromatic N) is 1. The number of amides is 1. The van der Waals surface area contributed by atoms with E-state index in [-0.39, 0.29) is 12.5 Å². The smallest absolute Gasteiger partial charge is 0.311 e. The van der Waals surface area contributed by atoms with Gasteiger partial charge in [-0.2, -0.15) is 0 Å². The molecule has 1 amide bonds. The summed E-state index contributed by atoms with van der Waals surface area (Å²) in [4.78, 5) is 25.0. The number of hydrogen-bond donors (Lipinski definition) is 1. The molecule has 1 aliphatic rings. The molecule has 1 aromatic carbocycles. The van der Waals surface area contributed by atoms with E-state index in [0.29, 0.717) is 24.3 Å². The lowest BCUT2D eigenvalue weighted by atomic mass is 9.90. The van der Waals surface area contributed by atoms with Gasteiger partial charge in [0.15, 0.2) is 0 Å². The maximum absolute atomic E-state index is 12.2. The van der Waals surface area contributed by atoms with Crippen molar-refractivity contribution in [2.45, 2.75) is 13.3 Å². The molecule has 1 atom stereocenters. The molecule has 5 nitrogen and oxygen atoms in total. The van der Waals surface area contributed by atoms with Gasteiger partial charge in [0.05, 0.1) is 12.5 Å². The summed E-state index contributed by atoms with van der Waals surface area (Å²) in [7, 11) is 1.57. The number of carboxylic acids is 1. The molecular weight excluding hydrogens is 246 g/mol. The molecule has 1 aromatic rings. The van der Waals surface area contributed by atoms with Crippen LogP contribution in [-0.4, -0.2) is 42.1 Å². The van der Waals surface area contributed by atoms with Gasteiger partial charge in [-0.3, -0.25) is 9.59 Å². The average Bonchev–Trinajstić information content (AvgIpc) is 2.82. The third-order valence-electron chi connectivity index (χ3n) is 3.61. The highest BCUT2D eigenvalue weighted by Gasteiger charge is 2.42. The zero-order chi connectivity index (χ0) is 14.0. The molecule has 0 aromatic heterocycles. The van der Waals surface area contributed by atoms with Crippen molar-refractivity contribution in [3.05, 3.63) is 29.8 Å². The Labute approximate surface area is 111 Å². The van der Waals surface area contributed by atoms with Gasteiger partial charge in [0.2, 0.25) is 0 Å². The third kappa shape index (κ3) is 2.54. The Morgan fingerprint density at radius 1 is 1.32 bits per heavy atom. The van der Waals surface area contributed by atoms with E-state index in [1.165, 1.54) is 0 Å². The summed E-state index contributed by atoms with van der Waals surface area (Å²) in [6, 6.07) is 6.83. The first-order valence-corrected chi connectivity index (χ1v) is 6.13. The van der Waals surface area contributed by atoms with Crippen molar-refractivity contribution in [3.63, 3.8) is 0 Å². The lowest BCUT2D eigenvalue weighted by Gasteiger charge is -2.20. The quantitative estimate of drug-likeness (QED) is 0.900. The predicted molar refractivity (Wildman–Crippen MR) is 69.3 cm³/mol. The van der Waals surface area contributed by atoms with Crippen LogP contribution in [0.3, 0.4) is 0 Å². The van der Waals surface area contributed by atoms with Gasteiger partial charge in [-0.25, -0.2) is 0 Å². The summed E-state index contributed by atoms with van der Waals surface area (Å²) in [6.07, 6.45) is 0.490. The fourth-order valence-corrected chi connectivity index (χ4v) is 2.23. The molecule has 19 heavy (non-hydrogen) atoms. The summed E-state index contributed by atoms with van der Waals surface area (Å²) in [5.41, 5.74) is -0.280. The molecule has 0 bridgehead atoms. The van der Waals surface area contributed by atoms with Crippen LogP contribution in [0.25, 0.3) is 0 Å². The van der Waals surface area contributed by atoms with Crippen molar-refractivity contribution in [1.29, 1.82) is 0 Å². The van der Waals surface area contributed by atoms with Gasteiger partial charge < -0.3 is 14.7 Å². The normalized spacial score (nSPS) is 22.3. The van der Waals surface area contributed by atoms with Crippen LogP contribution in [0.15, 0.2) is 24.3 Å².